The van der Waals surface area contributed by atoms with Crippen molar-refractivity contribution in [1.82, 2.24) is 9.58 Å². The first-order valence-corrected chi connectivity index (χ1v) is 5.38. The number of hydrogen-bond donors (Lipinski definition) is 4. The van der Waals surface area contributed by atoms with Crippen LogP contribution in [0.2, 0.25) is 0 Å². The molecule has 0 aliphatic rings. The van der Waals surface area contributed by atoms with Crippen molar-refractivity contribution in [2.45, 2.75) is 13.8 Å². The third kappa shape index (κ3) is 1.49. The molecule has 0 saturated heterocycles. The molecule has 0 amide bonds. The van der Waals surface area contributed by atoms with Crippen LogP contribution in [0.15, 0.2) is 6.07 Å². The van der Waals surface area contributed by atoms with E-state index in [1.54, 1.807) is 0 Å². The molecule has 2 aromatic rings. The van der Waals surface area contributed by atoms with E-state index in [0.29, 0.717) is 23.8 Å². The fourth-order valence-electron chi connectivity index (χ4n) is 1.77. The van der Waals surface area contributed by atoms with Crippen LogP contribution in [-0.2, 0) is 0 Å². The topological polar surface area (TPSA) is 101 Å². The Balaban J connectivity index is 2.67. The molecule has 17 heavy (non-hydrogen) atoms. The quantitative estimate of drug-likeness (QED) is 0.353. The van der Waals surface area contributed by atoms with E-state index in [-0.39, 0.29) is 21.7 Å². The second kappa shape index (κ2) is 3.96. The van der Waals surface area contributed by atoms with Crippen LogP contribution in [-0.4, -0.2) is 33.1 Å². The molecule has 0 radical (unpaired) electrons. The molecule has 94 valence electrons. The minimum absolute atomic E-state index is 0.108. The molecule has 2 rings (SSSR count). The Morgan fingerprint density at radius 2 is 1.94 bits per heavy atom. The highest BCUT2D eigenvalue weighted by molar-refractivity contribution is 5.89. The second-order valence-corrected chi connectivity index (χ2v) is 3.55. The summed E-state index contributed by atoms with van der Waals surface area (Å²) in [6.45, 7) is 4.82. The maximum Gasteiger partial charge on any atom is 0.330 e. The molecule has 8 heteroatoms. The van der Waals surface area contributed by atoms with Crippen LogP contribution in [0, 0.1) is 5.21 Å². The van der Waals surface area contributed by atoms with Gasteiger partial charge in [-0.05, 0) is 18.7 Å². The third-order valence-electron chi connectivity index (χ3n) is 2.46. The van der Waals surface area contributed by atoms with E-state index in [1.807, 2.05) is 13.8 Å². The van der Waals surface area contributed by atoms with Gasteiger partial charge in [0, 0.05) is 12.6 Å². The van der Waals surface area contributed by atoms with Crippen molar-refractivity contribution in [1.29, 1.82) is 0 Å². The zero-order valence-electron chi connectivity index (χ0n) is 9.64. The summed E-state index contributed by atoms with van der Waals surface area (Å²) in [5.74, 6) is 0.525. The van der Waals surface area contributed by atoms with Crippen molar-refractivity contribution < 1.29 is 15.3 Å². The number of aromatic nitrogens is 3. The monoisotopic (exact) mass is 241 g/mol. The van der Waals surface area contributed by atoms with E-state index in [4.69, 9.17) is 0 Å². The normalized spacial score (nSPS) is 10.9. The fourth-order valence-corrected chi connectivity index (χ4v) is 1.77. The minimum Gasteiger partial charge on any atom is -0.690 e. The van der Waals surface area contributed by atoms with Gasteiger partial charge in [0.2, 0.25) is 5.52 Å². The molecular formula is C9H15N5O3. The summed E-state index contributed by atoms with van der Waals surface area (Å²) < 4.78 is 0.845. The van der Waals surface area contributed by atoms with Crippen molar-refractivity contribution in [2.75, 3.05) is 23.7 Å². The summed E-state index contributed by atoms with van der Waals surface area (Å²) in [5, 5.41) is 36.8. The van der Waals surface area contributed by atoms with Gasteiger partial charge in [0.15, 0.2) is 5.52 Å². The van der Waals surface area contributed by atoms with Gasteiger partial charge < -0.3 is 20.9 Å². The Morgan fingerprint density at radius 1 is 1.29 bits per heavy atom. The zero-order chi connectivity index (χ0) is 12.6. The lowest BCUT2D eigenvalue weighted by atomic mass is 10.4. The molecule has 0 spiro atoms. The SMILES string of the molecule is CCNc1cc2c(c(NCC)[n+]([O-])n2O)n1O. The van der Waals surface area contributed by atoms with Gasteiger partial charge in [0.05, 0.1) is 6.54 Å². The average molecular weight is 241 g/mol. The van der Waals surface area contributed by atoms with Crippen molar-refractivity contribution in [2.24, 2.45) is 0 Å². The smallest absolute Gasteiger partial charge is 0.330 e. The molecular weight excluding hydrogens is 226 g/mol. The third-order valence-corrected chi connectivity index (χ3v) is 2.46. The Labute approximate surface area is 97.2 Å². The maximum atomic E-state index is 11.6. The number of nitrogens with zero attached hydrogens (tertiary/aromatic N) is 3. The summed E-state index contributed by atoms with van der Waals surface area (Å²) in [4.78, 5) is 0.734. The van der Waals surface area contributed by atoms with E-state index in [9.17, 15) is 15.6 Å². The van der Waals surface area contributed by atoms with E-state index in [1.165, 1.54) is 6.07 Å². The molecule has 0 atom stereocenters. The van der Waals surface area contributed by atoms with E-state index < -0.39 is 0 Å². The molecule has 0 saturated carbocycles. The summed E-state index contributed by atoms with van der Waals surface area (Å²) in [7, 11) is 0. The van der Waals surface area contributed by atoms with Crippen LogP contribution < -0.4 is 15.5 Å². The molecule has 0 aromatic carbocycles. The molecule has 2 aromatic heterocycles. The van der Waals surface area contributed by atoms with Crippen LogP contribution in [0.3, 0.4) is 0 Å². The van der Waals surface area contributed by atoms with E-state index >= 15 is 0 Å². The second-order valence-electron chi connectivity index (χ2n) is 3.55. The van der Waals surface area contributed by atoms with Gasteiger partial charge in [-0.2, -0.15) is 4.73 Å². The summed E-state index contributed by atoms with van der Waals surface area (Å²) >= 11 is 0. The minimum atomic E-state index is 0.108. The fraction of sp³-hybridized carbons (Fsp3) is 0.444. The van der Waals surface area contributed by atoms with E-state index in [0.717, 1.165) is 4.73 Å². The first-order chi connectivity index (χ1) is 8.11. The molecule has 0 bridgehead atoms. The van der Waals surface area contributed by atoms with Crippen LogP contribution in [0.4, 0.5) is 11.6 Å². The summed E-state index contributed by atoms with van der Waals surface area (Å²) in [6, 6.07) is 1.49. The Kier molecular flexibility index (Phi) is 2.62. The maximum absolute atomic E-state index is 11.6. The number of rotatable bonds is 4. The standard InChI is InChI=1S/C9H15N5O3/c1-3-10-7-5-6-8(12(7)15)9(11-4-2)14(17)13(6)16/h5,10-11,15-16H,3-4H2,1-2H3. The molecule has 0 unspecified atom stereocenters. The van der Waals surface area contributed by atoms with Gasteiger partial charge in [-0.15, -0.1) is 4.85 Å². The van der Waals surface area contributed by atoms with E-state index in [2.05, 4.69) is 10.6 Å². The van der Waals surface area contributed by atoms with Crippen LogP contribution in [0.25, 0.3) is 11.0 Å². The Morgan fingerprint density at radius 3 is 2.53 bits per heavy atom. The lowest BCUT2D eigenvalue weighted by molar-refractivity contribution is -0.709. The average Bonchev–Trinajstić information content (AvgIpc) is 2.73. The van der Waals surface area contributed by atoms with Gasteiger partial charge in [0.1, 0.15) is 5.82 Å². The molecule has 0 aliphatic heterocycles. The number of anilines is 2. The highest BCUT2D eigenvalue weighted by Crippen LogP contribution is 2.26. The molecule has 0 fully saturated rings. The Hall–Kier alpha value is -2.25. The zero-order valence-corrected chi connectivity index (χ0v) is 9.64. The lowest BCUT2D eigenvalue weighted by Crippen LogP contribution is -2.38. The van der Waals surface area contributed by atoms with Gasteiger partial charge in [-0.25, -0.2) is 0 Å². The first-order valence-electron chi connectivity index (χ1n) is 5.38. The highest BCUT2D eigenvalue weighted by Gasteiger charge is 2.25. The van der Waals surface area contributed by atoms with Crippen molar-refractivity contribution in [3.8, 4) is 0 Å². The van der Waals surface area contributed by atoms with Gasteiger partial charge in [-0.3, -0.25) is 5.32 Å². The van der Waals surface area contributed by atoms with Crippen LogP contribution in [0.1, 0.15) is 13.8 Å². The predicted molar refractivity (Wildman–Crippen MR) is 61.6 cm³/mol. The summed E-state index contributed by atoms with van der Waals surface area (Å²) in [5.41, 5.74) is 0.467. The Bertz CT molecular complexity index is 545. The lowest BCUT2D eigenvalue weighted by Gasteiger charge is -2.06. The molecule has 8 nitrogen and oxygen atoms in total. The van der Waals surface area contributed by atoms with Gasteiger partial charge >= 0.3 is 5.82 Å². The van der Waals surface area contributed by atoms with Crippen molar-refractivity contribution in [3.05, 3.63) is 11.3 Å². The summed E-state index contributed by atoms with van der Waals surface area (Å²) in [6.07, 6.45) is 0. The van der Waals surface area contributed by atoms with Gasteiger partial charge in [-0.1, -0.05) is 0 Å². The van der Waals surface area contributed by atoms with Crippen LogP contribution in [0.5, 0.6) is 0 Å². The first kappa shape index (κ1) is 11.2. The highest BCUT2D eigenvalue weighted by atomic mass is 16.6. The van der Waals surface area contributed by atoms with Gasteiger partial charge in [0.25, 0.3) is 0 Å². The largest absolute Gasteiger partial charge is 0.690 e. The molecule has 0 aliphatic carbocycles. The number of nitrogens with one attached hydrogen (secondary N) is 2. The molecule has 2 heterocycles. The van der Waals surface area contributed by atoms with Crippen molar-refractivity contribution >= 4 is 22.7 Å². The number of fused-ring (bicyclic) bond motifs is 1. The van der Waals surface area contributed by atoms with Crippen molar-refractivity contribution in [3.63, 3.8) is 0 Å². The predicted octanol–water partition coefficient (Wildman–Crippen LogP) is 0.414. The van der Waals surface area contributed by atoms with Crippen LogP contribution >= 0.6 is 0 Å². The number of hydrogen-bond acceptors (Lipinski definition) is 5. The molecule has 4 N–H and O–H groups in total.